The first-order valence-electron chi connectivity index (χ1n) is 4.84. The second-order valence-electron chi connectivity index (χ2n) is 3.18. The number of nitrogens with two attached hydrogens (primary N) is 1. The molecule has 5 heteroatoms. The summed E-state index contributed by atoms with van der Waals surface area (Å²) in [7, 11) is 0. The second kappa shape index (κ2) is 7.17. The van der Waals surface area contributed by atoms with Crippen LogP contribution in [0.4, 0.5) is 0 Å². The standard InChI is InChI=1S/C9H19N3O2/c1-3-11-9(10)12-6-4-5-7(2)8(13)14/h7H,3-6H2,1-2H3,(H,13,14)(H3,10,11,12)/t7-/m0/s1. The minimum absolute atomic E-state index is 0.300. The molecule has 0 bridgehead atoms. The van der Waals surface area contributed by atoms with Crippen LogP contribution >= 0.6 is 0 Å². The molecule has 0 radical (unpaired) electrons. The number of aliphatic imine (C=N–C) groups is 1. The zero-order valence-electron chi connectivity index (χ0n) is 8.79. The van der Waals surface area contributed by atoms with Crippen molar-refractivity contribution in [3.8, 4) is 0 Å². The van der Waals surface area contributed by atoms with E-state index in [-0.39, 0.29) is 5.92 Å². The van der Waals surface area contributed by atoms with Crippen LogP contribution in [0.3, 0.4) is 0 Å². The molecule has 0 saturated carbocycles. The molecule has 0 rings (SSSR count). The lowest BCUT2D eigenvalue weighted by Gasteiger charge is -2.04. The molecule has 0 spiro atoms. The van der Waals surface area contributed by atoms with Crippen LogP contribution < -0.4 is 11.1 Å². The quantitative estimate of drug-likeness (QED) is 0.330. The number of guanidine groups is 1. The van der Waals surface area contributed by atoms with E-state index in [9.17, 15) is 4.79 Å². The molecule has 0 aromatic carbocycles. The number of rotatable bonds is 6. The number of hydrogen-bond acceptors (Lipinski definition) is 2. The first kappa shape index (κ1) is 12.7. The molecule has 14 heavy (non-hydrogen) atoms. The molecule has 0 unspecified atom stereocenters. The summed E-state index contributed by atoms with van der Waals surface area (Å²) in [6.45, 7) is 4.96. The third-order valence-corrected chi connectivity index (χ3v) is 1.86. The van der Waals surface area contributed by atoms with Gasteiger partial charge in [-0.2, -0.15) is 0 Å². The maximum Gasteiger partial charge on any atom is 0.306 e. The highest BCUT2D eigenvalue weighted by Gasteiger charge is 2.09. The molecule has 0 aromatic heterocycles. The normalized spacial score (nSPS) is 13.7. The minimum Gasteiger partial charge on any atom is -0.481 e. The molecule has 0 fully saturated rings. The van der Waals surface area contributed by atoms with E-state index >= 15 is 0 Å². The maximum atomic E-state index is 10.5. The van der Waals surface area contributed by atoms with Crippen molar-refractivity contribution in [2.75, 3.05) is 13.1 Å². The summed E-state index contributed by atoms with van der Waals surface area (Å²) in [5.41, 5.74) is 5.48. The van der Waals surface area contributed by atoms with E-state index in [0.717, 1.165) is 13.0 Å². The monoisotopic (exact) mass is 201 g/mol. The van der Waals surface area contributed by atoms with Crippen LogP contribution in [0.25, 0.3) is 0 Å². The molecule has 0 saturated heterocycles. The highest BCUT2D eigenvalue weighted by atomic mass is 16.4. The van der Waals surface area contributed by atoms with Crippen molar-refractivity contribution in [2.24, 2.45) is 16.6 Å². The summed E-state index contributed by atoms with van der Waals surface area (Å²) in [5, 5.41) is 11.5. The van der Waals surface area contributed by atoms with Crippen molar-refractivity contribution in [3.05, 3.63) is 0 Å². The summed E-state index contributed by atoms with van der Waals surface area (Å²) in [6.07, 6.45) is 1.39. The molecular weight excluding hydrogens is 182 g/mol. The van der Waals surface area contributed by atoms with Crippen LogP contribution in [0.15, 0.2) is 4.99 Å². The Morgan fingerprint density at radius 2 is 2.29 bits per heavy atom. The van der Waals surface area contributed by atoms with Crippen LogP contribution in [0, 0.1) is 5.92 Å². The van der Waals surface area contributed by atoms with Gasteiger partial charge in [0, 0.05) is 13.1 Å². The lowest BCUT2D eigenvalue weighted by molar-refractivity contribution is -0.141. The molecule has 82 valence electrons. The van der Waals surface area contributed by atoms with E-state index in [2.05, 4.69) is 10.3 Å². The molecular formula is C9H19N3O2. The van der Waals surface area contributed by atoms with Gasteiger partial charge in [-0.05, 0) is 19.8 Å². The molecule has 5 nitrogen and oxygen atoms in total. The van der Waals surface area contributed by atoms with E-state index < -0.39 is 5.97 Å². The summed E-state index contributed by atoms with van der Waals surface area (Å²) >= 11 is 0. The number of carbonyl (C=O) groups is 1. The Balaban J connectivity index is 3.55. The van der Waals surface area contributed by atoms with E-state index in [1.807, 2.05) is 6.92 Å². The Bertz CT molecular complexity index is 204. The number of carboxylic acid groups (broad SMARTS) is 1. The van der Waals surface area contributed by atoms with Gasteiger partial charge in [0.05, 0.1) is 5.92 Å². The summed E-state index contributed by atoms with van der Waals surface area (Å²) in [4.78, 5) is 14.5. The fraction of sp³-hybridized carbons (Fsp3) is 0.778. The van der Waals surface area contributed by atoms with Gasteiger partial charge in [0.1, 0.15) is 0 Å². The third-order valence-electron chi connectivity index (χ3n) is 1.86. The number of aliphatic carboxylic acids is 1. The predicted octanol–water partition coefficient (Wildman–Crippen LogP) is 0.412. The Labute approximate surface area is 84.4 Å². The average molecular weight is 201 g/mol. The summed E-state index contributed by atoms with van der Waals surface area (Å²) in [5.74, 6) is -0.630. The molecule has 1 atom stereocenters. The molecule has 0 heterocycles. The van der Waals surface area contributed by atoms with E-state index in [0.29, 0.717) is 18.9 Å². The number of nitrogens with zero attached hydrogens (tertiary/aromatic N) is 1. The van der Waals surface area contributed by atoms with Crippen molar-refractivity contribution in [1.29, 1.82) is 0 Å². The van der Waals surface area contributed by atoms with E-state index in [1.165, 1.54) is 0 Å². The van der Waals surface area contributed by atoms with Crippen LogP contribution in [-0.4, -0.2) is 30.1 Å². The minimum atomic E-state index is -0.756. The van der Waals surface area contributed by atoms with Crippen LogP contribution in [0.1, 0.15) is 26.7 Å². The van der Waals surface area contributed by atoms with Crippen LogP contribution in [-0.2, 0) is 4.79 Å². The Morgan fingerprint density at radius 1 is 1.64 bits per heavy atom. The Morgan fingerprint density at radius 3 is 2.79 bits per heavy atom. The van der Waals surface area contributed by atoms with Gasteiger partial charge in [-0.15, -0.1) is 0 Å². The zero-order chi connectivity index (χ0) is 11.0. The van der Waals surface area contributed by atoms with Crippen LogP contribution in [0.5, 0.6) is 0 Å². The van der Waals surface area contributed by atoms with Gasteiger partial charge in [-0.25, -0.2) is 0 Å². The van der Waals surface area contributed by atoms with Crippen molar-refractivity contribution in [2.45, 2.75) is 26.7 Å². The Hall–Kier alpha value is -1.26. The molecule has 0 aliphatic rings. The first-order chi connectivity index (χ1) is 6.57. The van der Waals surface area contributed by atoms with Gasteiger partial charge in [0.15, 0.2) is 5.96 Å². The van der Waals surface area contributed by atoms with Crippen LogP contribution in [0.2, 0.25) is 0 Å². The summed E-state index contributed by atoms with van der Waals surface area (Å²) < 4.78 is 0. The van der Waals surface area contributed by atoms with Gasteiger partial charge in [0.2, 0.25) is 0 Å². The third kappa shape index (κ3) is 6.28. The Kier molecular flexibility index (Phi) is 6.53. The van der Waals surface area contributed by atoms with Crippen molar-refractivity contribution in [3.63, 3.8) is 0 Å². The SMILES string of the molecule is CCNC(N)=NCCC[C@H](C)C(=O)O. The molecule has 0 aromatic rings. The fourth-order valence-electron chi connectivity index (χ4n) is 0.957. The molecule has 0 aliphatic heterocycles. The zero-order valence-corrected chi connectivity index (χ0v) is 8.79. The highest BCUT2D eigenvalue weighted by molar-refractivity contribution is 5.77. The largest absolute Gasteiger partial charge is 0.481 e. The van der Waals surface area contributed by atoms with Gasteiger partial charge >= 0.3 is 5.97 Å². The van der Waals surface area contributed by atoms with Crippen molar-refractivity contribution >= 4 is 11.9 Å². The van der Waals surface area contributed by atoms with E-state index in [4.69, 9.17) is 10.8 Å². The topological polar surface area (TPSA) is 87.7 Å². The number of hydrogen-bond donors (Lipinski definition) is 3. The molecule has 0 amide bonds. The van der Waals surface area contributed by atoms with Gasteiger partial charge in [-0.3, -0.25) is 9.79 Å². The van der Waals surface area contributed by atoms with Crippen molar-refractivity contribution < 1.29 is 9.90 Å². The summed E-state index contributed by atoms with van der Waals surface area (Å²) in [6, 6.07) is 0. The first-order valence-corrected chi connectivity index (χ1v) is 4.84. The van der Waals surface area contributed by atoms with E-state index in [1.54, 1.807) is 6.92 Å². The maximum absolute atomic E-state index is 10.5. The highest BCUT2D eigenvalue weighted by Crippen LogP contribution is 2.04. The molecule has 4 N–H and O–H groups in total. The average Bonchev–Trinajstić information content (AvgIpc) is 2.12. The number of nitrogens with one attached hydrogen (secondary N) is 1. The van der Waals surface area contributed by atoms with Crippen molar-refractivity contribution in [1.82, 2.24) is 5.32 Å². The smallest absolute Gasteiger partial charge is 0.306 e. The second-order valence-corrected chi connectivity index (χ2v) is 3.18. The van der Waals surface area contributed by atoms with Gasteiger partial charge in [-0.1, -0.05) is 6.92 Å². The predicted molar refractivity (Wildman–Crippen MR) is 56.2 cm³/mol. The lowest BCUT2D eigenvalue weighted by Crippen LogP contribution is -2.31. The number of carboxylic acids is 1. The fourth-order valence-corrected chi connectivity index (χ4v) is 0.957. The van der Waals surface area contributed by atoms with Gasteiger partial charge in [0.25, 0.3) is 0 Å². The molecule has 0 aliphatic carbocycles. The van der Waals surface area contributed by atoms with Gasteiger partial charge < -0.3 is 16.2 Å². The lowest BCUT2D eigenvalue weighted by atomic mass is 10.1.